The molecule has 1 amide bonds. The van der Waals surface area contributed by atoms with E-state index in [0.29, 0.717) is 0 Å². The van der Waals surface area contributed by atoms with E-state index < -0.39 is 32.5 Å². The fraction of sp³-hybridized carbons (Fsp3) is 0.909. The van der Waals surface area contributed by atoms with Gasteiger partial charge in [-0.3, -0.25) is 4.55 Å². The Morgan fingerprint density at radius 1 is 1.42 bits per heavy atom. The Morgan fingerprint density at radius 3 is 2.32 bits per heavy atom. The minimum absolute atomic E-state index is 0.0584. The molecule has 0 aromatic rings. The summed E-state index contributed by atoms with van der Waals surface area (Å²) < 4.78 is 42.4. The van der Waals surface area contributed by atoms with Crippen molar-refractivity contribution in [3.63, 3.8) is 0 Å². The predicted molar refractivity (Wildman–Crippen MR) is 66.4 cm³/mol. The Labute approximate surface area is 112 Å². The Morgan fingerprint density at radius 2 is 2.00 bits per heavy atom. The summed E-state index contributed by atoms with van der Waals surface area (Å²) in [6.45, 7) is 5.85. The Hall–Kier alpha value is -0.860. The smallest absolute Gasteiger partial charge is 0.410 e. The maximum atomic E-state index is 11.9. The lowest BCUT2D eigenvalue weighted by molar-refractivity contribution is -0.103. The Kier molecular flexibility index (Phi) is 3.31. The monoisotopic (exact) mass is 293 g/mol. The summed E-state index contributed by atoms with van der Waals surface area (Å²) in [6.07, 6.45) is -0.565. The molecule has 1 atom stereocenters. The lowest BCUT2D eigenvalue weighted by Gasteiger charge is -2.40. The number of likely N-dealkylation sites (tertiary alicyclic amines) is 1. The first-order chi connectivity index (χ1) is 8.54. The molecule has 2 aliphatic rings. The average Bonchev–Trinajstić information content (AvgIpc) is 2.53. The van der Waals surface area contributed by atoms with Gasteiger partial charge in [0.05, 0.1) is 18.6 Å². The van der Waals surface area contributed by atoms with E-state index >= 15 is 0 Å². The second kappa shape index (κ2) is 4.32. The number of nitrogens with zero attached hydrogens (tertiary/aromatic N) is 1. The van der Waals surface area contributed by atoms with Gasteiger partial charge in [0.15, 0.2) is 0 Å². The quantitative estimate of drug-likeness (QED) is 0.708. The van der Waals surface area contributed by atoms with Gasteiger partial charge in [-0.1, -0.05) is 0 Å². The number of amides is 1. The molecule has 0 bridgehead atoms. The number of rotatable bonds is 1. The number of carbonyl (C=O) groups is 1. The zero-order valence-electron chi connectivity index (χ0n) is 11.2. The van der Waals surface area contributed by atoms with Crippen LogP contribution in [0.5, 0.6) is 0 Å². The van der Waals surface area contributed by atoms with Crippen molar-refractivity contribution in [2.45, 2.75) is 31.6 Å². The fourth-order valence-electron chi connectivity index (χ4n) is 2.46. The number of hydrogen-bond donors (Lipinski definition) is 1. The van der Waals surface area contributed by atoms with Crippen molar-refractivity contribution in [1.29, 1.82) is 0 Å². The fourth-order valence-corrected chi connectivity index (χ4v) is 3.67. The molecule has 110 valence electrons. The van der Waals surface area contributed by atoms with Crippen LogP contribution in [0.1, 0.15) is 20.8 Å². The van der Waals surface area contributed by atoms with Crippen LogP contribution >= 0.6 is 0 Å². The van der Waals surface area contributed by atoms with Crippen molar-refractivity contribution in [3.05, 3.63) is 0 Å². The zero-order chi connectivity index (χ0) is 14.5. The number of carbonyl (C=O) groups excluding carboxylic acids is 1. The molecule has 2 fully saturated rings. The van der Waals surface area contributed by atoms with E-state index in [1.165, 1.54) is 4.90 Å². The van der Waals surface area contributed by atoms with Crippen LogP contribution in [0.3, 0.4) is 0 Å². The van der Waals surface area contributed by atoms with Crippen LogP contribution in [-0.2, 0) is 19.6 Å². The third kappa shape index (κ3) is 2.85. The van der Waals surface area contributed by atoms with E-state index in [4.69, 9.17) is 9.47 Å². The van der Waals surface area contributed by atoms with E-state index in [9.17, 15) is 17.8 Å². The predicted octanol–water partition coefficient (Wildman–Crippen LogP) is 0.510. The average molecular weight is 293 g/mol. The van der Waals surface area contributed by atoms with Crippen molar-refractivity contribution in [1.82, 2.24) is 4.90 Å². The third-order valence-electron chi connectivity index (χ3n) is 3.37. The standard InChI is InChI=1S/C11H19NO6S/c1-10(2,3)18-9(13)12-4-8(19(14,15)16)11(5-12)6-17-7-11/h8H,4-7H2,1-3H3,(H,14,15,16). The largest absolute Gasteiger partial charge is 0.444 e. The van der Waals surface area contributed by atoms with Crippen molar-refractivity contribution >= 4 is 16.2 Å². The SMILES string of the molecule is CC(C)(C)OC(=O)N1CC(S(=O)(=O)O)C2(COC2)C1. The highest BCUT2D eigenvalue weighted by atomic mass is 32.2. The second-order valence-corrected chi connectivity index (χ2v) is 7.82. The van der Waals surface area contributed by atoms with Crippen LogP contribution in [0.15, 0.2) is 0 Å². The number of hydrogen-bond acceptors (Lipinski definition) is 5. The van der Waals surface area contributed by atoms with E-state index in [-0.39, 0.29) is 26.3 Å². The molecule has 1 spiro atoms. The molecule has 7 nitrogen and oxygen atoms in total. The third-order valence-corrected chi connectivity index (χ3v) is 4.73. The lowest BCUT2D eigenvalue weighted by atomic mass is 9.85. The molecule has 8 heteroatoms. The molecule has 0 saturated carbocycles. The summed E-state index contributed by atoms with van der Waals surface area (Å²) in [5.41, 5.74) is -1.33. The molecule has 1 unspecified atom stereocenters. The zero-order valence-corrected chi connectivity index (χ0v) is 12.1. The van der Waals surface area contributed by atoms with E-state index in [2.05, 4.69) is 0 Å². The van der Waals surface area contributed by atoms with Crippen LogP contribution in [-0.4, -0.2) is 61.1 Å². The van der Waals surface area contributed by atoms with Gasteiger partial charge in [-0.2, -0.15) is 8.42 Å². The van der Waals surface area contributed by atoms with Crippen molar-refractivity contribution < 1.29 is 27.2 Å². The molecule has 0 aromatic heterocycles. The summed E-state index contributed by atoms with van der Waals surface area (Å²) in [7, 11) is -4.21. The minimum Gasteiger partial charge on any atom is -0.444 e. The maximum absolute atomic E-state index is 11.9. The van der Waals surface area contributed by atoms with Gasteiger partial charge in [0.2, 0.25) is 0 Å². The molecule has 2 aliphatic heterocycles. The van der Waals surface area contributed by atoms with E-state index in [1.807, 2.05) is 0 Å². The highest BCUT2D eigenvalue weighted by Crippen LogP contribution is 2.41. The van der Waals surface area contributed by atoms with Crippen LogP contribution in [0.2, 0.25) is 0 Å². The van der Waals surface area contributed by atoms with Gasteiger partial charge in [0.25, 0.3) is 10.1 Å². The Balaban J connectivity index is 2.13. The molecule has 0 aliphatic carbocycles. The molecular formula is C11H19NO6S. The van der Waals surface area contributed by atoms with Crippen LogP contribution in [0.4, 0.5) is 4.79 Å². The molecule has 0 radical (unpaired) electrons. The van der Waals surface area contributed by atoms with Gasteiger partial charge in [0.1, 0.15) is 10.9 Å². The Bertz CT molecular complexity index is 476. The summed E-state index contributed by atoms with van der Waals surface area (Å²) in [4.78, 5) is 13.3. The van der Waals surface area contributed by atoms with Gasteiger partial charge in [-0.15, -0.1) is 0 Å². The van der Waals surface area contributed by atoms with Crippen LogP contribution in [0.25, 0.3) is 0 Å². The van der Waals surface area contributed by atoms with Gasteiger partial charge in [-0.05, 0) is 20.8 Å². The first kappa shape index (κ1) is 14.5. The van der Waals surface area contributed by atoms with E-state index in [0.717, 1.165) is 0 Å². The van der Waals surface area contributed by atoms with Gasteiger partial charge >= 0.3 is 6.09 Å². The molecular weight excluding hydrogens is 274 g/mol. The maximum Gasteiger partial charge on any atom is 0.410 e. The van der Waals surface area contributed by atoms with Gasteiger partial charge in [0, 0.05) is 13.1 Å². The molecule has 2 rings (SSSR count). The minimum atomic E-state index is -4.21. The van der Waals surface area contributed by atoms with Gasteiger partial charge in [-0.25, -0.2) is 4.79 Å². The second-order valence-electron chi connectivity index (χ2n) is 6.22. The molecule has 2 saturated heterocycles. The molecule has 0 aromatic carbocycles. The first-order valence-electron chi connectivity index (χ1n) is 6.05. The lowest BCUT2D eigenvalue weighted by Crippen LogP contribution is -2.53. The van der Waals surface area contributed by atoms with Crippen molar-refractivity contribution in [3.8, 4) is 0 Å². The van der Waals surface area contributed by atoms with Crippen LogP contribution in [0, 0.1) is 5.41 Å². The first-order valence-corrected chi connectivity index (χ1v) is 7.56. The topological polar surface area (TPSA) is 93.1 Å². The normalized spacial score (nSPS) is 26.3. The molecule has 2 heterocycles. The highest BCUT2D eigenvalue weighted by molar-refractivity contribution is 7.86. The summed E-state index contributed by atoms with van der Waals surface area (Å²) in [5, 5.41) is -0.999. The van der Waals surface area contributed by atoms with E-state index in [1.54, 1.807) is 20.8 Å². The molecule has 19 heavy (non-hydrogen) atoms. The number of ether oxygens (including phenoxy) is 2. The summed E-state index contributed by atoms with van der Waals surface area (Å²) >= 11 is 0. The molecule has 1 N–H and O–H groups in total. The summed E-state index contributed by atoms with van der Waals surface area (Å²) in [5.74, 6) is 0. The van der Waals surface area contributed by atoms with Crippen molar-refractivity contribution in [2.75, 3.05) is 26.3 Å². The van der Waals surface area contributed by atoms with Crippen molar-refractivity contribution in [2.24, 2.45) is 5.41 Å². The van der Waals surface area contributed by atoms with Crippen LogP contribution < -0.4 is 0 Å². The highest BCUT2D eigenvalue weighted by Gasteiger charge is 2.58. The van der Waals surface area contributed by atoms with Gasteiger partial charge < -0.3 is 14.4 Å². The summed E-state index contributed by atoms with van der Waals surface area (Å²) in [6, 6.07) is 0.